The minimum absolute atomic E-state index is 0.0932. The lowest BCUT2D eigenvalue weighted by Gasteiger charge is -2.06. The van der Waals surface area contributed by atoms with Gasteiger partial charge < -0.3 is 4.74 Å². The molecule has 0 saturated carbocycles. The van der Waals surface area contributed by atoms with E-state index >= 15 is 0 Å². The van der Waals surface area contributed by atoms with Crippen LogP contribution in [0.3, 0.4) is 0 Å². The van der Waals surface area contributed by atoms with E-state index in [0.29, 0.717) is 25.3 Å². The van der Waals surface area contributed by atoms with Gasteiger partial charge in [0.05, 0.1) is 46.3 Å². The highest BCUT2D eigenvalue weighted by Gasteiger charge is 2.12. The maximum atomic E-state index is 13.4. The summed E-state index contributed by atoms with van der Waals surface area (Å²) in [5.41, 5.74) is 5.91. The summed E-state index contributed by atoms with van der Waals surface area (Å²) in [5.74, 6) is -1.19. The van der Waals surface area contributed by atoms with Crippen LogP contribution in [0.4, 0.5) is 8.78 Å². The average molecular weight is 748 g/mol. The molecule has 7 rings (SSSR count). The van der Waals surface area contributed by atoms with Crippen molar-refractivity contribution in [1.82, 2.24) is 19.6 Å². The minimum atomic E-state index is -0.440. The Morgan fingerprint density at radius 3 is 1.90 bits per heavy atom. The molecule has 7 aromatic rings. The number of nitrogens with zero attached hydrogens (tertiary/aromatic N) is 4. The minimum Gasteiger partial charge on any atom is -0.462 e. The van der Waals surface area contributed by atoms with Gasteiger partial charge in [-0.1, -0.05) is 81.6 Å². The van der Waals surface area contributed by atoms with E-state index in [2.05, 4.69) is 26.1 Å². The Kier molecular flexibility index (Phi) is 10.2. The molecular weight excluding hydrogens is 721 g/mol. The Morgan fingerprint density at radius 1 is 0.750 bits per heavy atom. The number of hydrogen-bond donors (Lipinski definition) is 0. The number of halogens is 5. The van der Waals surface area contributed by atoms with Crippen LogP contribution in [-0.4, -0.2) is 32.1 Å². The Balaban J connectivity index is 0.000000182. The molecule has 0 aliphatic rings. The number of aromatic nitrogens is 4. The van der Waals surface area contributed by atoms with E-state index in [4.69, 9.17) is 27.9 Å². The molecule has 0 saturated heterocycles. The second-order valence-corrected chi connectivity index (χ2v) is 12.5. The Bertz CT molecular complexity index is 2270. The number of ether oxygens (including phenoxy) is 1. The number of esters is 1. The van der Waals surface area contributed by atoms with Gasteiger partial charge in [0.2, 0.25) is 0 Å². The zero-order valence-corrected chi connectivity index (χ0v) is 28.6. The second kappa shape index (κ2) is 14.7. The molecule has 0 amide bonds. The van der Waals surface area contributed by atoms with Crippen molar-refractivity contribution in [1.29, 1.82) is 0 Å². The van der Waals surface area contributed by atoms with Gasteiger partial charge in [-0.3, -0.25) is 9.36 Å². The molecule has 0 N–H and O–H groups in total. The first kappa shape index (κ1) is 33.3. The van der Waals surface area contributed by atoms with Gasteiger partial charge in [0.1, 0.15) is 11.6 Å². The van der Waals surface area contributed by atoms with Gasteiger partial charge >= 0.3 is 5.97 Å². The number of hydrogen-bond acceptors (Lipinski definition) is 4. The van der Waals surface area contributed by atoms with Crippen molar-refractivity contribution >= 4 is 66.9 Å². The lowest BCUT2D eigenvalue weighted by Crippen LogP contribution is -2.04. The third kappa shape index (κ3) is 7.59. The summed E-state index contributed by atoms with van der Waals surface area (Å²) in [6.07, 6.45) is 3.90. The first-order valence-electron chi connectivity index (χ1n) is 14.9. The van der Waals surface area contributed by atoms with Crippen molar-refractivity contribution in [2.24, 2.45) is 0 Å². The molecule has 2 aromatic heterocycles. The monoisotopic (exact) mass is 746 g/mol. The van der Waals surface area contributed by atoms with Crippen molar-refractivity contribution < 1.29 is 18.3 Å². The van der Waals surface area contributed by atoms with Gasteiger partial charge in [0.15, 0.2) is 0 Å². The molecule has 0 radical (unpaired) electrons. The fourth-order valence-corrected chi connectivity index (χ4v) is 6.11. The van der Waals surface area contributed by atoms with Crippen LogP contribution < -0.4 is 0 Å². The van der Waals surface area contributed by atoms with Crippen molar-refractivity contribution in [3.8, 4) is 11.1 Å². The predicted molar refractivity (Wildman–Crippen MR) is 190 cm³/mol. The third-order valence-electron chi connectivity index (χ3n) is 7.48. The van der Waals surface area contributed by atoms with Crippen LogP contribution in [0.1, 0.15) is 28.4 Å². The van der Waals surface area contributed by atoms with Gasteiger partial charge in [0.25, 0.3) is 0 Å². The van der Waals surface area contributed by atoms with E-state index in [1.54, 1.807) is 41.9 Å². The van der Waals surface area contributed by atoms with Gasteiger partial charge in [-0.15, -0.1) is 0 Å². The highest BCUT2D eigenvalue weighted by atomic mass is 79.9. The van der Waals surface area contributed by atoms with Crippen LogP contribution >= 0.6 is 39.1 Å². The van der Waals surface area contributed by atoms with Crippen LogP contribution in [0.25, 0.3) is 32.9 Å². The van der Waals surface area contributed by atoms with E-state index < -0.39 is 11.6 Å². The normalized spacial score (nSPS) is 11.0. The Morgan fingerprint density at radius 2 is 1.31 bits per heavy atom. The maximum Gasteiger partial charge on any atom is 0.338 e. The molecule has 5 aromatic carbocycles. The third-order valence-corrected chi connectivity index (χ3v) is 8.75. The quantitative estimate of drug-likeness (QED) is 0.152. The van der Waals surface area contributed by atoms with Crippen LogP contribution in [0.2, 0.25) is 10.0 Å². The van der Waals surface area contributed by atoms with E-state index in [1.807, 2.05) is 71.7 Å². The largest absolute Gasteiger partial charge is 0.462 e. The summed E-state index contributed by atoms with van der Waals surface area (Å²) in [7, 11) is 0. The molecule has 2 heterocycles. The zero-order chi connectivity index (χ0) is 33.8. The highest BCUT2D eigenvalue weighted by Crippen LogP contribution is 2.29. The topological polar surface area (TPSA) is 61.9 Å². The summed E-state index contributed by atoms with van der Waals surface area (Å²) in [5, 5.41) is 11.3. The standard InChI is InChI=1S/C23H18ClFN2O2.C14H9BrClFN2/c1-2-29-23(28)17-6-3-5-16(12-17)18-7-4-8-22-19(18)14-27(26-22)13-15-9-10-21(25)20(24)11-15;15-11-2-1-3-14-10(11)8-19(18-14)7-9-4-5-13(17)12(16)6-9/h3-12,14H,2,13H2,1H3;1-6,8H,7H2. The molecular formula is C37H27BrCl2F2N4O2. The van der Waals surface area contributed by atoms with E-state index in [0.717, 1.165) is 48.5 Å². The van der Waals surface area contributed by atoms with E-state index in [-0.39, 0.29) is 16.0 Å². The van der Waals surface area contributed by atoms with Crippen LogP contribution in [0, 0.1) is 11.6 Å². The summed E-state index contributed by atoms with van der Waals surface area (Å²) in [4.78, 5) is 12.1. The second-order valence-electron chi connectivity index (χ2n) is 10.9. The van der Waals surface area contributed by atoms with E-state index in [9.17, 15) is 13.6 Å². The molecule has 11 heteroatoms. The molecule has 0 fully saturated rings. The molecule has 242 valence electrons. The Labute approximate surface area is 293 Å². The fraction of sp³-hybridized carbons (Fsp3) is 0.108. The first-order valence-corrected chi connectivity index (χ1v) is 16.5. The van der Waals surface area contributed by atoms with Crippen LogP contribution in [-0.2, 0) is 17.8 Å². The van der Waals surface area contributed by atoms with Crippen LogP contribution in [0.5, 0.6) is 0 Å². The van der Waals surface area contributed by atoms with Crippen molar-refractivity contribution in [2.45, 2.75) is 20.0 Å². The lowest BCUT2D eigenvalue weighted by atomic mass is 10.00. The van der Waals surface area contributed by atoms with Crippen molar-refractivity contribution in [2.75, 3.05) is 6.61 Å². The number of rotatable bonds is 7. The first-order chi connectivity index (χ1) is 23.2. The average Bonchev–Trinajstić information content (AvgIpc) is 3.69. The number of fused-ring (bicyclic) bond motifs is 2. The summed E-state index contributed by atoms with van der Waals surface area (Å²) < 4.78 is 36.2. The highest BCUT2D eigenvalue weighted by molar-refractivity contribution is 9.10. The van der Waals surface area contributed by atoms with Crippen LogP contribution in [0.15, 0.2) is 114 Å². The van der Waals surface area contributed by atoms with Crippen molar-refractivity contribution in [3.63, 3.8) is 0 Å². The predicted octanol–water partition coefficient (Wildman–Crippen LogP) is 10.4. The molecule has 0 aliphatic carbocycles. The number of benzene rings is 5. The summed E-state index contributed by atoms with van der Waals surface area (Å²) in [6, 6.07) is 28.4. The van der Waals surface area contributed by atoms with Gasteiger partial charge in [-0.25, -0.2) is 13.6 Å². The van der Waals surface area contributed by atoms with E-state index in [1.165, 1.54) is 12.1 Å². The zero-order valence-electron chi connectivity index (χ0n) is 25.5. The number of carbonyl (C=O) groups excluding carboxylic acids is 1. The van der Waals surface area contributed by atoms with Gasteiger partial charge in [-0.05, 0) is 83.8 Å². The number of carbonyl (C=O) groups is 1. The molecule has 0 atom stereocenters. The molecule has 0 aliphatic heterocycles. The Hall–Kier alpha value is -4.57. The fourth-order valence-electron chi connectivity index (χ4n) is 5.24. The molecule has 0 bridgehead atoms. The smallest absolute Gasteiger partial charge is 0.338 e. The SMILES string of the molecule is CCOC(=O)c1cccc(-c2cccc3nn(Cc4ccc(F)c(Cl)c4)cc23)c1.Fc1ccc(Cn2cc3c(Br)cccc3n2)cc1Cl. The maximum absolute atomic E-state index is 13.4. The van der Waals surface area contributed by atoms with Crippen molar-refractivity contribution in [3.05, 3.63) is 152 Å². The lowest BCUT2D eigenvalue weighted by molar-refractivity contribution is 0.0526. The molecule has 0 unspecified atom stereocenters. The molecule has 0 spiro atoms. The molecule has 48 heavy (non-hydrogen) atoms. The van der Waals surface area contributed by atoms with Gasteiger partial charge in [-0.2, -0.15) is 10.2 Å². The van der Waals surface area contributed by atoms with Gasteiger partial charge in [0, 0.05) is 27.6 Å². The summed E-state index contributed by atoms with van der Waals surface area (Å²) >= 11 is 15.1. The summed E-state index contributed by atoms with van der Waals surface area (Å²) in [6.45, 7) is 3.14. The molecule has 6 nitrogen and oxygen atoms in total.